The SMILES string of the molecule is CS(=O)(=O)NC(CCCCCC(=O)NO)c1nc2c(ccc3ccccc32)[nH]1. The minimum absolute atomic E-state index is 0.233. The lowest BCUT2D eigenvalue weighted by Crippen LogP contribution is -2.28. The quantitative estimate of drug-likeness (QED) is 0.248. The Kier molecular flexibility index (Phi) is 6.28. The number of imidazole rings is 1. The summed E-state index contributed by atoms with van der Waals surface area (Å²) in [6.07, 6.45) is 3.97. The van der Waals surface area contributed by atoms with Crippen LogP contribution in [0.5, 0.6) is 0 Å². The molecule has 28 heavy (non-hydrogen) atoms. The highest BCUT2D eigenvalue weighted by molar-refractivity contribution is 7.88. The van der Waals surface area contributed by atoms with Crippen molar-refractivity contribution in [2.24, 2.45) is 0 Å². The largest absolute Gasteiger partial charge is 0.341 e. The number of hydrogen-bond donors (Lipinski definition) is 4. The molecule has 3 rings (SSSR count). The highest BCUT2D eigenvalue weighted by Crippen LogP contribution is 2.27. The van der Waals surface area contributed by atoms with Crippen molar-refractivity contribution in [2.75, 3.05) is 6.26 Å². The number of fused-ring (bicyclic) bond motifs is 3. The van der Waals surface area contributed by atoms with E-state index in [1.165, 1.54) is 0 Å². The Morgan fingerprint density at radius 2 is 1.96 bits per heavy atom. The number of H-pyrrole nitrogens is 1. The van der Waals surface area contributed by atoms with Crippen molar-refractivity contribution in [3.8, 4) is 0 Å². The van der Waals surface area contributed by atoms with E-state index in [0.717, 1.165) is 34.5 Å². The van der Waals surface area contributed by atoms with Crippen LogP contribution in [0.4, 0.5) is 0 Å². The van der Waals surface area contributed by atoms with E-state index in [2.05, 4.69) is 14.7 Å². The number of carbonyl (C=O) groups is 1. The fraction of sp³-hybridized carbons (Fsp3) is 0.368. The van der Waals surface area contributed by atoms with Gasteiger partial charge < -0.3 is 4.98 Å². The summed E-state index contributed by atoms with van der Waals surface area (Å²) in [5.41, 5.74) is 3.27. The zero-order valence-electron chi connectivity index (χ0n) is 15.6. The molecule has 0 aliphatic carbocycles. The van der Waals surface area contributed by atoms with Crippen molar-refractivity contribution in [3.63, 3.8) is 0 Å². The highest BCUT2D eigenvalue weighted by atomic mass is 32.2. The number of carbonyl (C=O) groups excluding carboxylic acids is 1. The van der Waals surface area contributed by atoms with Crippen molar-refractivity contribution >= 4 is 37.7 Å². The van der Waals surface area contributed by atoms with E-state index in [-0.39, 0.29) is 6.42 Å². The molecule has 1 amide bonds. The number of amides is 1. The second-order valence-corrected chi connectivity index (χ2v) is 8.66. The van der Waals surface area contributed by atoms with Gasteiger partial charge in [-0.25, -0.2) is 23.6 Å². The molecular formula is C19H24N4O4S. The summed E-state index contributed by atoms with van der Waals surface area (Å²) >= 11 is 0. The third-order valence-corrected chi connectivity index (χ3v) is 5.32. The van der Waals surface area contributed by atoms with Gasteiger partial charge in [-0.15, -0.1) is 0 Å². The molecule has 150 valence electrons. The Morgan fingerprint density at radius 3 is 2.71 bits per heavy atom. The maximum atomic E-state index is 11.8. The third kappa shape index (κ3) is 5.06. The van der Waals surface area contributed by atoms with E-state index in [9.17, 15) is 13.2 Å². The van der Waals surface area contributed by atoms with Gasteiger partial charge in [-0.05, 0) is 24.3 Å². The van der Waals surface area contributed by atoms with E-state index in [1.54, 1.807) is 5.48 Å². The molecule has 1 heterocycles. The van der Waals surface area contributed by atoms with Gasteiger partial charge in [0.1, 0.15) is 5.82 Å². The summed E-state index contributed by atoms with van der Waals surface area (Å²) in [5, 5.41) is 10.6. The van der Waals surface area contributed by atoms with Gasteiger partial charge in [0.25, 0.3) is 0 Å². The molecule has 8 nitrogen and oxygen atoms in total. The van der Waals surface area contributed by atoms with Crippen molar-refractivity contribution in [1.82, 2.24) is 20.2 Å². The molecule has 0 bridgehead atoms. The maximum absolute atomic E-state index is 11.8. The van der Waals surface area contributed by atoms with Crippen LogP contribution < -0.4 is 10.2 Å². The molecule has 3 aromatic rings. The molecule has 4 N–H and O–H groups in total. The van der Waals surface area contributed by atoms with Crippen LogP contribution in [0.1, 0.15) is 44.0 Å². The first kappa shape index (κ1) is 20.2. The van der Waals surface area contributed by atoms with E-state index >= 15 is 0 Å². The lowest BCUT2D eigenvalue weighted by molar-refractivity contribution is -0.129. The summed E-state index contributed by atoms with van der Waals surface area (Å²) in [5.74, 6) is 0.153. The number of aromatic nitrogens is 2. The second kappa shape index (κ2) is 8.68. The van der Waals surface area contributed by atoms with Crippen molar-refractivity contribution in [1.29, 1.82) is 0 Å². The number of benzene rings is 2. The van der Waals surface area contributed by atoms with Crippen LogP contribution in [0.3, 0.4) is 0 Å². The van der Waals surface area contributed by atoms with Crippen LogP contribution in [-0.4, -0.2) is 35.8 Å². The number of hydroxylamine groups is 1. The zero-order chi connectivity index (χ0) is 20.1. The number of nitrogens with one attached hydrogen (secondary N) is 3. The lowest BCUT2D eigenvalue weighted by Gasteiger charge is -2.15. The number of unbranched alkanes of at least 4 members (excludes halogenated alkanes) is 2. The van der Waals surface area contributed by atoms with Gasteiger partial charge in [-0.3, -0.25) is 10.0 Å². The van der Waals surface area contributed by atoms with Gasteiger partial charge >= 0.3 is 0 Å². The molecular weight excluding hydrogens is 380 g/mol. The molecule has 0 fully saturated rings. The van der Waals surface area contributed by atoms with E-state index < -0.39 is 22.0 Å². The van der Waals surface area contributed by atoms with Gasteiger partial charge in [-0.2, -0.15) is 0 Å². The minimum atomic E-state index is -3.42. The van der Waals surface area contributed by atoms with E-state index in [1.807, 2.05) is 36.4 Å². The molecule has 1 unspecified atom stereocenters. The number of nitrogens with zero attached hydrogens (tertiary/aromatic N) is 1. The Hall–Kier alpha value is -2.49. The average Bonchev–Trinajstić information content (AvgIpc) is 3.10. The first-order chi connectivity index (χ1) is 13.4. The standard InChI is InChI=1S/C19H24N4O4S/c1-28(26,27)23-16(9-3-2-4-10-17(24)22-25)19-20-15-12-11-13-7-5-6-8-14(13)18(15)21-19/h5-8,11-12,16,23,25H,2-4,9-10H2,1H3,(H,20,21)(H,22,24). The molecule has 9 heteroatoms. The third-order valence-electron chi connectivity index (χ3n) is 4.60. The van der Waals surface area contributed by atoms with Crippen LogP contribution in [-0.2, 0) is 14.8 Å². The fourth-order valence-electron chi connectivity index (χ4n) is 3.30. The molecule has 0 radical (unpaired) electrons. The molecule has 0 saturated carbocycles. The molecule has 1 atom stereocenters. The van der Waals surface area contributed by atoms with Crippen molar-refractivity contribution in [3.05, 3.63) is 42.2 Å². The maximum Gasteiger partial charge on any atom is 0.243 e. The summed E-state index contributed by atoms with van der Waals surface area (Å²) in [6.45, 7) is 0. The van der Waals surface area contributed by atoms with Crippen LogP contribution in [0.25, 0.3) is 21.8 Å². The van der Waals surface area contributed by atoms with Crippen LogP contribution in [0.15, 0.2) is 36.4 Å². The van der Waals surface area contributed by atoms with E-state index in [0.29, 0.717) is 25.1 Å². The Morgan fingerprint density at radius 1 is 1.18 bits per heavy atom. The molecule has 0 saturated heterocycles. The predicted octanol–water partition coefficient (Wildman–Crippen LogP) is 2.76. The highest BCUT2D eigenvalue weighted by Gasteiger charge is 2.20. The van der Waals surface area contributed by atoms with Crippen LogP contribution in [0.2, 0.25) is 0 Å². The number of aromatic amines is 1. The second-order valence-electron chi connectivity index (χ2n) is 6.88. The van der Waals surface area contributed by atoms with E-state index in [4.69, 9.17) is 5.21 Å². The number of rotatable bonds is 9. The smallest absolute Gasteiger partial charge is 0.243 e. The van der Waals surface area contributed by atoms with Gasteiger partial charge in [0.15, 0.2) is 0 Å². The molecule has 0 spiro atoms. The Balaban J connectivity index is 1.79. The van der Waals surface area contributed by atoms with Crippen molar-refractivity contribution in [2.45, 2.75) is 38.1 Å². The summed E-state index contributed by atoms with van der Waals surface area (Å²) in [4.78, 5) is 19.0. The Labute approximate surface area is 163 Å². The van der Waals surface area contributed by atoms with Crippen LogP contribution >= 0.6 is 0 Å². The molecule has 0 aliphatic rings. The first-order valence-electron chi connectivity index (χ1n) is 9.15. The van der Waals surface area contributed by atoms with Gasteiger partial charge in [0, 0.05) is 11.8 Å². The van der Waals surface area contributed by atoms with Gasteiger partial charge in [-0.1, -0.05) is 43.2 Å². The number of sulfonamides is 1. The summed E-state index contributed by atoms with van der Waals surface area (Å²) in [6, 6.07) is 11.4. The Bertz CT molecular complexity index is 1080. The number of hydrogen-bond acceptors (Lipinski definition) is 5. The molecule has 1 aromatic heterocycles. The topological polar surface area (TPSA) is 124 Å². The monoisotopic (exact) mass is 404 g/mol. The minimum Gasteiger partial charge on any atom is -0.341 e. The van der Waals surface area contributed by atoms with Gasteiger partial charge in [0.05, 0.1) is 23.3 Å². The fourth-order valence-corrected chi connectivity index (χ4v) is 4.05. The normalized spacial score (nSPS) is 13.1. The molecule has 2 aromatic carbocycles. The van der Waals surface area contributed by atoms with Crippen molar-refractivity contribution < 1.29 is 18.4 Å². The summed E-state index contributed by atoms with van der Waals surface area (Å²) in [7, 11) is -3.42. The zero-order valence-corrected chi connectivity index (χ0v) is 16.4. The van der Waals surface area contributed by atoms with Crippen LogP contribution in [0, 0.1) is 0 Å². The summed E-state index contributed by atoms with van der Waals surface area (Å²) < 4.78 is 26.3. The first-order valence-corrected chi connectivity index (χ1v) is 11.0. The predicted molar refractivity (Wildman–Crippen MR) is 107 cm³/mol. The lowest BCUT2D eigenvalue weighted by atomic mass is 10.1. The average molecular weight is 404 g/mol. The molecule has 0 aliphatic heterocycles. The van der Waals surface area contributed by atoms with Gasteiger partial charge in [0.2, 0.25) is 15.9 Å².